The molecule has 15 heavy (non-hydrogen) atoms. The van der Waals surface area contributed by atoms with Crippen LogP contribution < -0.4 is 0 Å². The van der Waals surface area contributed by atoms with Gasteiger partial charge >= 0.3 is 0 Å². The molecule has 0 radical (unpaired) electrons. The van der Waals surface area contributed by atoms with E-state index in [0.717, 1.165) is 11.1 Å². The minimum absolute atomic E-state index is 0.500. The predicted molar refractivity (Wildman–Crippen MR) is 63.4 cm³/mol. The number of halogens is 2. The maximum Gasteiger partial charge on any atom is 0.115 e. The van der Waals surface area contributed by atoms with Gasteiger partial charge in [-0.15, -0.1) is 10.2 Å². The third-order valence-electron chi connectivity index (χ3n) is 1.76. The van der Waals surface area contributed by atoms with E-state index >= 15 is 0 Å². The summed E-state index contributed by atoms with van der Waals surface area (Å²) >= 11 is 11.8. The van der Waals surface area contributed by atoms with Crippen LogP contribution in [0.2, 0.25) is 10.0 Å². The van der Waals surface area contributed by atoms with Crippen LogP contribution in [0.5, 0.6) is 0 Å². The lowest BCUT2D eigenvalue weighted by atomic mass is 10.2. The van der Waals surface area contributed by atoms with Crippen LogP contribution in [0.25, 0.3) is 10.9 Å². The van der Waals surface area contributed by atoms with Crippen LogP contribution in [0.1, 0.15) is 19.5 Å². The smallest absolute Gasteiger partial charge is 0.115 e. The lowest BCUT2D eigenvalue weighted by Crippen LogP contribution is -1.93. The molecule has 0 aliphatic heterocycles. The zero-order valence-electron chi connectivity index (χ0n) is 8.75. The van der Waals surface area contributed by atoms with Crippen LogP contribution in [0.15, 0.2) is 12.1 Å². The molecule has 0 aliphatic rings. The molecule has 0 aliphatic carbocycles. The quantitative estimate of drug-likeness (QED) is 0.709. The molecule has 0 atom stereocenters. The van der Waals surface area contributed by atoms with Gasteiger partial charge in [0.2, 0.25) is 0 Å². The zero-order valence-corrected chi connectivity index (χ0v) is 10.3. The maximum absolute atomic E-state index is 5.92. The third-order valence-corrected chi connectivity index (χ3v) is 2.26. The highest BCUT2D eigenvalue weighted by Gasteiger charge is 2.05. The normalized spacial score (nSPS) is 9.67. The van der Waals surface area contributed by atoms with Crippen LogP contribution in [-0.2, 0) is 0 Å². The SMILES string of the molecule is CC.Cc1nnnc2c(Cl)cc(Cl)cc12. The summed E-state index contributed by atoms with van der Waals surface area (Å²) in [6.07, 6.45) is 0. The lowest BCUT2D eigenvalue weighted by Gasteiger charge is -2.00. The Kier molecular flexibility index (Phi) is 4.24. The van der Waals surface area contributed by atoms with Crippen LogP contribution in [0.3, 0.4) is 0 Å². The number of rotatable bonds is 0. The van der Waals surface area contributed by atoms with E-state index in [1.54, 1.807) is 12.1 Å². The van der Waals surface area contributed by atoms with E-state index in [9.17, 15) is 0 Å². The van der Waals surface area contributed by atoms with Crippen molar-refractivity contribution in [1.29, 1.82) is 0 Å². The Morgan fingerprint density at radius 1 is 1.07 bits per heavy atom. The number of nitrogens with zero attached hydrogens (tertiary/aromatic N) is 3. The molecule has 5 heteroatoms. The molecule has 80 valence electrons. The molecule has 1 aromatic heterocycles. The Morgan fingerprint density at radius 3 is 2.40 bits per heavy atom. The highest BCUT2D eigenvalue weighted by atomic mass is 35.5. The van der Waals surface area contributed by atoms with E-state index in [2.05, 4.69) is 15.4 Å². The second-order valence-corrected chi connectivity index (χ2v) is 3.50. The van der Waals surface area contributed by atoms with Crippen molar-refractivity contribution in [1.82, 2.24) is 15.4 Å². The van der Waals surface area contributed by atoms with Gasteiger partial charge in [-0.25, -0.2) is 0 Å². The zero-order chi connectivity index (χ0) is 11.4. The number of hydrogen-bond acceptors (Lipinski definition) is 3. The molecule has 1 aromatic carbocycles. The molecule has 0 fully saturated rings. The van der Waals surface area contributed by atoms with Crippen LogP contribution >= 0.6 is 23.2 Å². The number of fused-ring (bicyclic) bond motifs is 1. The Hall–Kier alpha value is -0.930. The van der Waals surface area contributed by atoms with E-state index in [0.29, 0.717) is 15.6 Å². The molecule has 0 unspecified atom stereocenters. The van der Waals surface area contributed by atoms with Gasteiger partial charge in [-0.05, 0) is 24.3 Å². The summed E-state index contributed by atoms with van der Waals surface area (Å²) in [6, 6.07) is 3.42. The van der Waals surface area contributed by atoms with Crippen molar-refractivity contribution in [3.63, 3.8) is 0 Å². The molecule has 0 saturated heterocycles. The number of hydrogen-bond donors (Lipinski definition) is 0. The first kappa shape index (κ1) is 12.1. The Bertz CT molecular complexity index is 471. The van der Waals surface area contributed by atoms with E-state index in [-0.39, 0.29) is 0 Å². The molecule has 2 rings (SSSR count). The van der Waals surface area contributed by atoms with E-state index in [4.69, 9.17) is 23.2 Å². The minimum Gasteiger partial charge on any atom is -0.135 e. The fourth-order valence-electron chi connectivity index (χ4n) is 1.13. The second-order valence-electron chi connectivity index (χ2n) is 2.66. The van der Waals surface area contributed by atoms with E-state index in [1.165, 1.54) is 0 Å². The monoisotopic (exact) mass is 243 g/mol. The van der Waals surface area contributed by atoms with Crippen molar-refractivity contribution in [2.45, 2.75) is 20.8 Å². The maximum atomic E-state index is 5.92. The van der Waals surface area contributed by atoms with Crippen molar-refractivity contribution in [2.75, 3.05) is 0 Å². The van der Waals surface area contributed by atoms with Gasteiger partial charge in [0.05, 0.1) is 10.7 Å². The highest BCUT2D eigenvalue weighted by molar-refractivity contribution is 6.38. The number of aryl methyl sites for hydroxylation is 1. The van der Waals surface area contributed by atoms with Gasteiger partial charge in [0, 0.05) is 10.4 Å². The van der Waals surface area contributed by atoms with E-state index in [1.807, 2.05) is 20.8 Å². The largest absolute Gasteiger partial charge is 0.135 e. The summed E-state index contributed by atoms with van der Waals surface area (Å²) in [5, 5.41) is 13.1. The van der Waals surface area contributed by atoms with Gasteiger partial charge in [-0.2, -0.15) is 0 Å². The van der Waals surface area contributed by atoms with Crippen LogP contribution in [0.4, 0.5) is 0 Å². The fourth-order valence-corrected chi connectivity index (χ4v) is 1.66. The molecule has 0 bridgehead atoms. The Labute approximate surface area is 98.4 Å². The fraction of sp³-hybridized carbons (Fsp3) is 0.300. The van der Waals surface area contributed by atoms with Gasteiger partial charge < -0.3 is 0 Å². The molecule has 3 nitrogen and oxygen atoms in total. The first-order valence-corrected chi connectivity index (χ1v) is 5.39. The molecule has 0 saturated carbocycles. The van der Waals surface area contributed by atoms with Crippen molar-refractivity contribution < 1.29 is 0 Å². The molecule has 1 heterocycles. The topological polar surface area (TPSA) is 38.7 Å². The summed E-state index contributed by atoms with van der Waals surface area (Å²) in [5.74, 6) is 0. The first-order chi connectivity index (χ1) is 7.18. The Morgan fingerprint density at radius 2 is 1.73 bits per heavy atom. The highest BCUT2D eigenvalue weighted by Crippen LogP contribution is 2.26. The lowest BCUT2D eigenvalue weighted by molar-refractivity contribution is 0.870. The van der Waals surface area contributed by atoms with Gasteiger partial charge in [-0.1, -0.05) is 37.0 Å². The number of aromatic nitrogens is 3. The minimum atomic E-state index is 0.500. The summed E-state index contributed by atoms with van der Waals surface area (Å²) in [5.41, 5.74) is 1.41. The molecule has 0 spiro atoms. The van der Waals surface area contributed by atoms with Gasteiger partial charge in [0.1, 0.15) is 5.52 Å². The standard InChI is InChI=1S/C8H5Cl2N3.C2H6/c1-4-6-2-5(9)3-7(10)8(6)12-13-11-4;1-2/h2-3H,1H3;1-2H3. The molecular formula is C10H11Cl2N3. The van der Waals surface area contributed by atoms with Crippen molar-refractivity contribution >= 4 is 34.1 Å². The summed E-state index contributed by atoms with van der Waals surface area (Å²) in [4.78, 5) is 0. The van der Waals surface area contributed by atoms with E-state index < -0.39 is 0 Å². The summed E-state index contributed by atoms with van der Waals surface area (Å²) < 4.78 is 0. The van der Waals surface area contributed by atoms with Crippen LogP contribution in [0, 0.1) is 6.92 Å². The van der Waals surface area contributed by atoms with Crippen molar-refractivity contribution in [2.24, 2.45) is 0 Å². The molecule has 0 amide bonds. The second kappa shape index (κ2) is 5.24. The van der Waals surface area contributed by atoms with Gasteiger partial charge in [0.15, 0.2) is 0 Å². The molecule has 0 N–H and O–H groups in total. The Balaban J connectivity index is 0.000000531. The first-order valence-electron chi connectivity index (χ1n) is 4.63. The average Bonchev–Trinajstić information content (AvgIpc) is 2.23. The van der Waals surface area contributed by atoms with Crippen LogP contribution in [-0.4, -0.2) is 15.4 Å². The van der Waals surface area contributed by atoms with Gasteiger partial charge in [-0.3, -0.25) is 0 Å². The predicted octanol–water partition coefficient (Wildman–Crippen LogP) is 3.67. The summed E-state index contributed by atoms with van der Waals surface area (Å²) in [7, 11) is 0. The summed E-state index contributed by atoms with van der Waals surface area (Å²) in [6.45, 7) is 5.84. The molecular weight excluding hydrogens is 233 g/mol. The molecule has 2 aromatic rings. The van der Waals surface area contributed by atoms with Crippen molar-refractivity contribution in [3.05, 3.63) is 27.9 Å². The third kappa shape index (κ3) is 2.55. The van der Waals surface area contributed by atoms with Crippen molar-refractivity contribution in [3.8, 4) is 0 Å². The average molecular weight is 244 g/mol. The number of benzene rings is 1. The van der Waals surface area contributed by atoms with Gasteiger partial charge in [0.25, 0.3) is 0 Å².